The van der Waals surface area contributed by atoms with Crippen LogP contribution in [0, 0.1) is 0 Å². The van der Waals surface area contributed by atoms with Crippen LogP contribution < -0.4 is 4.74 Å². The second-order valence-corrected chi connectivity index (χ2v) is 6.95. The molecular weight excluding hydrogens is 344 g/mol. The molecule has 0 spiro atoms. The maximum Gasteiger partial charge on any atom is 0.150 e. The van der Waals surface area contributed by atoms with E-state index >= 15 is 0 Å². The largest absolute Gasteiger partial charge is 0.489 e. The number of ether oxygens (including phenoxy) is 1. The van der Waals surface area contributed by atoms with Gasteiger partial charge >= 0.3 is 0 Å². The lowest BCUT2D eigenvalue weighted by atomic mass is 9.91. The van der Waals surface area contributed by atoms with E-state index in [1.54, 1.807) is 6.07 Å². The Labute approximate surface area is 159 Å². The van der Waals surface area contributed by atoms with Crippen molar-refractivity contribution >= 4 is 17.9 Å². The van der Waals surface area contributed by atoms with Crippen molar-refractivity contribution in [2.24, 2.45) is 0 Å². The molecule has 0 heterocycles. The Morgan fingerprint density at radius 2 is 1.69 bits per heavy atom. The average Bonchev–Trinajstić information content (AvgIpc) is 2.67. The summed E-state index contributed by atoms with van der Waals surface area (Å²) in [5.74, 6) is 1.07. The van der Waals surface area contributed by atoms with Crippen LogP contribution in [0.5, 0.6) is 5.75 Å². The minimum atomic E-state index is 0.261. The average molecular weight is 365 g/mol. The van der Waals surface area contributed by atoms with Gasteiger partial charge in [-0.15, -0.1) is 0 Å². The van der Waals surface area contributed by atoms with Gasteiger partial charge in [0, 0.05) is 16.1 Å². The zero-order valence-corrected chi connectivity index (χ0v) is 15.7. The van der Waals surface area contributed by atoms with Crippen LogP contribution in [0.25, 0.3) is 11.1 Å². The third-order valence-electron chi connectivity index (χ3n) is 4.29. The van der Waals surface area contributed by atoms with Crippen LogP contribution in [0.1, 0.15) is 41.3 Å². The zero-order chi connectivity index (χ0) is 18.5. The number of carbonyl (C=O) groups is 1. The standard InChI is InChI=1S/C23H21ClO2/c1-16(2)21-12-18(14-25)13-22(24)23(21)19-8-10-20(11-9-19)26-15-17-6-4-3-5-7-17/h3-14,16H,15H2,1-2H3. The van der Waals surface area contributed by atoms with E-state index < -0.39 is 0 Å². The number of hydrogen-bond donors (Lipinski definition) is 0. The molecule has 3 aromatic rings. The number of hydrogen-bond acceptors (Lipinski definition) is 2. The van der Waals surface area contributed by atoms with E-state index in [1.165, 1.54) is 0 Å². The molecule has 0 N–H and O–H groups in total. The summed E-state index contributed by atoms with van der Waals surface area (Å²) in [5, 5.41) is 0.594. The fourth-order valence-corrected chi connectivity index (χ4v) is 3.28. The highest BCUT2D eigenvalue weighted by molar-refractivity contribution is 6.33. The van der Waals surface area contributed by atoms with E-state index in [0.29, 0.717) is 17.2 Å². The first-order valence-corrected chi connectivity index (χ1v) is 9.02. The number of carbonyl (C=O) groups excluding carboxylic acids is 1. The third kappa shape index (κ3) is 4.14. The van der Waals surface area contributed by atoms with Gasteiger partial charge in [-0.25, -0.2) is 0 Å². The molecule has 0 saturated carbocycles. The van der Waals surface area contributed by atoms with Crippen molar-refractivity contribution in [1.29, 1.82) is 0 Å². The van der Waals surface area contributed by atoms with Crippen molar-refractivity contribution in [3.05, 3.63) is 88.4 Å². The van der Waals surface area contributed by atoms with E-state index in [-0.39, 0.29) is 5.92 Å². The highest BCUT2D eigenvalue weighted by Gasteiger charge is 2.14. The molecule has 0 bridgehead atoms. The maximum absolute atomic E-state index is 11.1. The van der Waals surface area contributed by atoms with Gasteiger partial charge in [0.05, 0.1) is 0 Å². The van der Waals surface area contributed by atoms with Crippen LogP contribution in [0.15, 0.2) is 66.7 Å². The predicted octanol–water partition coefficient (Wildman–Crippen LogP) is 6.52. The van der Waals surface area contributed by atoms with Gasteiger partial charge in [0.15, 0.2) is 0 Å². The molecule has 132 valence electrons. The Hall–Kier alpha value is -2.58. The number of benzene rings is 3. The monoisotopic (exact) mass is 364 g/mol. The number of rotatable bonds is 6. The molecule has 2 nitrogen and oxygen atoms in total. The lowest BCUT2D eigenvalue weighted by Crippen LogP contribution is -1.97. The molecule has 0 aliphatic heterocycles. The molecule has 3 heteroatoms. The molecule has 0 saturated heterocycles. The van der Waals surface area contributed by atoms with Gasteiger partial charge in [0.2, 0.25) is 0 Å². The Morgan fingerprint density at radius 1 is 1.00 bits per heavy atom. The number of aldehydes is 1. The highest BCUT2D eigenvalue weighted by Crippen LogP contribution is 2.37. The van der Waals surface area contributed by atoms with Crippen molar-refractivity contribution in [2.75, 3.05) is 0 Å². The van der Waals surface area contributed by atoms with Crippen molar-refractivity contribution in [2.45, 2.75) is 26.4 Å². The molecule has 0 aliphatic rings. The lowest BCUT2D eigenvalue weighted by molar-refractivity contribution is 0.112. The van der Waals surface area contributed by atoms with Crippen LogP contribution >= 0.6 is 11.6 Å². The molecule has 0 fully saturated rings. The minimum Gasteiger partial charge on any atom is -0.489 e. The van der Waals surface area contributed by atoms with Gasteiger partial charge in [0.25, 0.3) is 0 Å². The highest BCUT2D eigenvalue weighted by atomic mass is 35.5. The van der Waals surface area contributed by atoms with E-state index in [9.17, 15) is 4.79 Å². The van der Waals surface area contributed by atoms with Gasteiger partial charge in [-0.2, -0.15) is 0 Å². The molecule has 0 amide bonds. The Kier molecular flexibility index (Phi) is 5.75. The topological polar surface area (TPSA) is 26.3 Å². The van der Waals surface area contributed by atoms with Crippen LogP contribution in [-0.4, -0.2) is 6.29 Å². The summed E-state index contributed by atoms with van der Waals surface area (Å²) in [6, 6.07) is 21.6. The summed E-state index contributed by atoms with van der Waals surface area (Å²) < 4.78 is 5.85. The van der Waals surface area contributed by atoms with Gasteiger partial charge in [-0.3, -0.25) is 4.79 Å². The van der Waals surface area contributed by atoms with Crippen LogP contribution in [-0.2, 0) is 6.61 Å². The second kappa shape index (κ2) is 8.20. The summed E-state index contributed by atoms with van der Waals surface area (Å²) >= 11 is 6.48. The predicted molar refractivity (Wildman–Crippen MR) is 107 cm³/mol. The smallest absolute Gasteiger partial charge is 0.150 e. The minimum absolute atomic E-state index is 0.261. The molecule has 26 heavy (non-hydrogen) atoms. The van der Waals surface area contributed by atoms with Gasteiger partial charge < -0.3 is 4.74 Å². The summed E-state index contributed by atoms with van der Waals surface area (Å²) in [4.78, 5) is 11.1. The molecular formula is C23H21ClO2. The molecule has 3 aromatic carbocycles. The van der Waals surface area contributed by atoms with Gasteiger partial charge in [-0.1, -0.05) is 67.9 Å². The first kappa shape index (κ1) is 18.2. The lowest BCUT2D eigenvalue weighted by Gasteiger charge is -2.16. The fraction of sp³-hybridized carbons (Fsp3) is 0.174. The van der Waals surface area contributed by atoms with E-state index in [4.69, 9.17) is 16.3 Å². The Bertz CT molecular complexity index is 884. The van der Waals surface area contributed by atoms with Crippen molar-refractivity contribution in [3.8, 4) is 16.9 Å². The second-order valence-electron chi connectivity index (χ2n) is 6.54. The van der Waals surface area contributed by atoms with Crippen molar-refractivity contribution in [1.82, 2.24) is 0 Å². The fourth-order valence-electron chi connectivity index (χ4n) is 2.94. The van der Waals surface area contributed by atoms with Crippen molar-refractivity contribution < 1.29 is 9.53 Å². The zero-order valence-electron chi connectivity index (χ0n) is 14.9. The summed E-state index contributed by atoms with van der Waals surface area (Å²) in [6.45, 7) is 4.73. The first-order valence-electron chi connectivity index (χ1n) is 8.64. The van der Waals surface area contributed by atoms with E-state index in [1.807, 2.05) is 60.7 Å². The summed E-state index contributed by atoms with van der Waals surface area (Å²) in [6.07, 6.45) is 0.835. The van der Waals surface area contributed by atoms with Gasteiger partial charge in [0.1, 0.15) is 18.6 Å². The molecule has 0 aliphatic carbocycles. The maximum atomic E-state index is 11.1. The van der Waals surface area contributed by atoms with Gasteiger partial charge in [-0.05, 0) is 46.9 Å². The van der Waals surface area contributed by atoms with Crippen LogP contribution in [0.3, 0.4) is 0 Å². The van der Waals surface area contributed by atoms with E-state index in [2.05, 4.69) is 13.8 Å². The summed E-state index contributed by atoms with van der Waals surface area (Å²) in [5.41, 5.74) is 4.79. The number of halogens is 1. The summed E-state index contributed by atoms with van der Waals surface area (Å²) in [7, 11) is 0. The van der Waals surface area contributed by atoms with Crippen LogP contribution in [0.2, 0.25) is 5.02 Å². The third-order valence-corrected chi connectivity index (χ3v) is 4.59. The quantitative estimate of drug-likeness (QED) is 0.465. The normalized spacial score (nSPS) is 10.8. The first-order chi connectivity index (χ1) is 12.6. The molecule has 0 atom stereocenters. The SMILES string of the molecule is CC(C)c1cc(C=O)cc(Cl)c1-c1ccc(OCc2ccccc2)cc1. The molecule has 0 aromatic heterocycles. The van der Waals surface area contributed by atoms with E-state index in [0.717, 1.165) is 34.3 Å². The molecule has 3 rings (SSSR count). The van der Waals surface area contributed by atoms with Crippen LogP contribution in [0.4, 0.5) is 0 Å². The molecule has 0 unspecified atom stereocenters. The van der Waals surface area contributed by atoms with Crippen molar-refractivity contribution in [3.63, 3.8) is 0 Å². The Morgan fingerprint density at radius 3 is 2.31 bits per heavy atom. The molecule has 0 radical (unpaired) electrons. The Balaban J connectivity index is 1.85.